The van der Waals surface area contributed by atoms with E-state index in [1.54, 1.807) is 12.1 Å². The van der Waals surface area contributed by atoms with Crippen molar-refractivity contribution in [3.8, 4) is 11.5 Å². The molecule has 0 saturated heterocycles. The summed E-state index contributed by atoms with van der Waals surface area (Å²) in [6.07, 6.45) is 2.61. The van der Waals surface area contributed by atoms with Gasteiger partial charge < -0.3 is 25.2 Å². The number of ether oxygens (including phenoxy) is 2. The molecular formula is C21H25N3O6. The first kappa shape index (κ1) is 21.4. The monoisotopic (exact) mass is 415 g/mol. The van der Waals surface area contributed by atoms with Crippen LogP contribution in [-0.2, 0) is 6.54 Å². The number of nitrogens with zero attached hydrogens (tertiary/aromatic N) is 1. The van der Waals surface area contributed by atoms with Crippen molar-refractivity contribution in [2.45, 2.75) is 38.8 Å². The summed E-state index contributed by atoms with van der Waals surface area (Å²) in [5, 5.41) is 26.7. The predicted octanol–water partition coefficient (Wildman–Crippen LogP) is 3.22. The molecule has 2 aromatic rings. The van der Waals surface area contributed by atoms with E-state index < -0.39 is 10.8 Å². The molecule has 0 radical (unpaired) electrons. The van der Waals surface area contributed by atoms with Crippen LogP contribution in [0.2, 0.25) is 0 Å². The molecule has 1 heterocycles. The molecule has 1 amide bonds. The summed E-state index contributed by atoms with van der Waals surface area (Å²) in [5.41, 5.74) is 1.23. The Morgan fingerprint density at radius 1 is 1.23 bits per heavy atom. The molecule has 0 spiro atoms. The summed E-state index contributed by atoms with van der Waals surface area (Å²) < 4.78 is 10.6. The van der Waals surface area contributed by atoms with Gasteiger partial charge in [-0.2, -0.15) is 0 Å². The number of hydrogen-bond acceptors (Lipinski definition) is 7. The highest BCUT2D eigenvalue weighted by Gasteiger charge is 2.19. The van der Waals surface area contributed by atoms with Gasteiger partial charge in [0.15, 0.2) is 11.5 Å². The fourth-order valence-corrected chi connectivity index (χ4v) is 3.17. The van der Waals surface area contributed by atoms with Gasteiger partial charge >= 0.3 is 0 Å². The molecule has 0 bridgehead atoms. The van der Waals surface area contributed by atoms with Crippen molar-refractivity contribution in [3.63, 3.8) is 0 Å². The standard InChI is InChI=1S/C21H25N3O6/c1-2-3-4-15(12-25)23-18-7-6-16(24(27)28)10-17(18)21(26)22-11-14-5-8-19-20(9-14)30-13-29-19/h5-10,15,23,25H,2-4,11-13H2,1H3,(H,22,26). The number of non-ortho nitro benzene ring substituents is 1. The number of amides is 1. The number of fused-ring (bicyclic) bond motifs is 1. The third-order valence-electron chi connectivity index (χ3n) is 4.83. The number of carbonyl (C=O) groups excluding carboxylic acids is 1. The van der Waals surface area contributed by atoms with E-state index in [4.69, 9.17) is 9.47 Å². The maximum absolute atomic E-state index is 12.8. The number of aliphatic hydroxyl groups excluding tert-OH is 1. The van der Waals surface area contributed by atoms with Crippen LogP contribution in [0.5, 0.6) is 11.5 Å². The van der Waals surface area contributed by atoms with Gasteiger partial charge in [0.2, 0.25) is 6.79 Å². The van der Waals surface area contributed by atoms with Gasteiger partial charge in [-0.3, -0.25) is 14.9 Å². The molecule has 9 nitrogen and oxygen atoms in total. The van der Waals surface area contributed by atoms with E-state index in [0.717, 1.165) is 24.8 Å². The predicted molar refractivity (Wildman–Crippen MR) is 111 cm³/mol. The molecule has 160 valence electrons. The van der Waals surface area contributed by atoms with E-state index >= 15 is 0 Å². The third-order valence-corrected chi connectivity index (χ3v) is 4.83. The van der Waals surface area contributed by atoms with Crippen LogP contribution < -0.4 is 20.1 Å². The minimum atomic E-state index is -0.543. The lowest BCUT2D eigenvalue weighted by atomic mass is 10.1. The number of nitrogens with one attached hydrogen (secondary N) is 2. The van der Waals surface area contributed by atoms with E-state index in [0.29, 0.717) is 17.2 Å². The summed E-state index contributed by atoms with van der Waals surface area (Å²) in [4.78, 5) is 23.5. The molecule has 0 fully saturated rings. The first-order chi connectivity index (χ1) is 14.5. The minimum absolute atomic E-state index is 0.102. The molecule has 1 atom stereocenters. The van der Waals surface area contributed by atoms with Crippen LogP contribution >= 0.6 is 0 Å². The molecule has 1 aliphatic heterocycles. The number of nitro groups is 1. The second kappa shape index (κ2) is 9.93. The van der Waals surface area contributed by atoms with Gasteiger partial charge in [0, 0.05) is 30.4 Å². The van der Waals surface area contributed by atoms with Crippen LogP contribution in [0.25, 0.3) is 0 Å². The zero-order valence-corrected chi connectivity index (χ0v) is 16.7. The molecular weight excluding hydrogens is 390 g/mol. The third kappa shape index (κ3) is 5.18. The van der Waals surface area contributed by atoms with E-state index in [1.165, 1.54) is 18.2 Å². The highest BCUT2D eigenvalue weighted by atomic mass is 16.7. The van der Waals surface area contributed by atoms with Crippen molar-refractivity contribution in [1.29, 1.82) is 0 Å². The maximum Gasteiger partial charge on any atom is 0.270 e. The van der Waals surface area contributed by atoms with Crippen molar-refractivity contribution >= 4 is 17.3 Å². The number of hydrogen-bond donors (Lipinski definition) is 3. The van der Waals surface area contributed by atoms with Crippen molar-refractivity contribution < 1.29 is 24.3 Å². The molecule has 1 unspecified atom stereocenters. The molecule has 0 saturated carbocycles. The molecule has 2 aromatic carbocycles. The van der Waals surface area contributed by atoms with Gasteiger partial charge in [0.05, 0.1) is 17.1 Å². The molecule has 0 aliphatic carbocycles. The van der Waals surface area contributed by atoms with Crippen LogP contribution in [-0.4, -0.2) is 35.4 Å². The van der Waals surface area contributed by atoms with Crippen molar-refractivity contribution in [3.05, 3.63) is 57.6 Å². The van der Waals surface area contributed by atoms with E-state index in [2.05, 4.69) is 17.6 Å². The van der Waals surface area contributed by atoms with Gasteiger partial charge in [0.1, 0.15) is 0 Å². The number of anilines is 1. The molecule has 3 rings (SSSR count). The summed E-state index contributed by atoms with van der Waals surface area (Å²) in [6, 6.07) is 9.20. The van der Waals surface area contributed by atoms with Gasteiger partial charge in [-0.1, -0.05) is 25.8 Å². The fourth-order valence-electron chi connectivity index (χ4n) is 3.17. The highest BCUT2D eigenvalue weighted by molar-refractivity contribution is 6.00. The Labute approximate surface area is 174 Å². The second-order valence-corrected chi connectivity index (χ2v) is 7.02. The summed E-state index contributed by atoms with van der Waals surface area (Å²) in [7, 11) is 0. The van der Waals surface area contributed by atoms with E-state index in [9.17, 15) is 20.0 Å². The largest absolute Gasteiger partial charge is 0.454 e. The summed E-state index contributed by atoms with van der Waals surface area (Å²) in [5.74, 6) is 0.810. The Hall–Kier alpha value is -3.33. The lowest BCUT2D eigenvalue weighted by Gasteiger charge is -2.19. The quantitative estimate of drug-likeness (QED) is 0.402. The number of unbranched alkanes of at least 4 members (excludes halogenated alkanes) is 1. The zero-order chi connectivity index (χ0) is 21.5. The van der Waals surface area contributed by atoms with Gasteiger partial charge in [-0.25, -0.2) is 0 Å². The molecule has 0 aromatic heterocycles. The number of benzene rings is 2. The van der Waals surface area contributed by atoms with Crippen LogP contribution in [0.15, 0.2) is 36.4 Å². The van der Waals surface area contributed by atoms with Crippen molar-refractivity contribution in [2.75, 3.05) is 18.7 Å². The van der Waals surface area contributed by atoms with Crippen molar-refractivity contribution in [2.24, 2.45) is 0 Å². The first-order valence-corrected chi connectivity index (χ1v) is 9.84. The molecule has 9 heteroatoms. The van der Waals surface area contributed by atoms with E-state index in [1.807, 2.05) is 6.07 Å². The number of aliphatic hydroxyl groups is 1. The lowest BCUT2D eigenvalue weighted by molar-refractivity contribution is -0.384. The van der Waals surface area contributed by atoms with E-state index in [-0.39, 0.29) is 37.2 Å². The Morgan fingerprint density at radius 2 is 2.03 bits per heavy atom. The van der Waals surface area contributed by atoms with Crippen LogP contribution in [0.1, 0.15) is 42.1 Å². The zero-order valence-electron chi connectivity index (χ0n) is 16.7. The first-order valence-electron chi connectivity index (χ1n) is 9.84. The Morgan fingerprint density at radius 3 is 2.77 bits per heavy atom. The fraction of sp³-hybridized carbons (Fsp3) is 0.381. The number of carbonyl (C=O) groups is 1. The second-order valence-electron chi connectivity index (χ2n) is 7.02. The average Bonchev–Trinajstić information content (AvgIpc) is 3.22. The molecule has 1 aliphatic rings. The number of rotatable bonds is 10. The summed E-state index contributed by atoms with van der Waals surface area (Å²) in [6.45, 7) is 2.33. The van der Waals surface area contributed by atoms with Gasteiger partial charge in [0.25, 0.3) is 11.6 Å². The summed E-state index contributed by atoms with van der Waals surface area (Å²) >= 11 is 0. The van der Waals surface area contributed by atoms with Crippen molar-refractivity contribution in [1.82, 2.24) is 5.32 Å². The Bertz CT molecular complexity index is 918. The van der Waals surface area contributed by atoms with Crippen LogP contribution in [0, 0.1) is 10.1 Å². The topological polar surface area (TPSA) is 123 Å². The smallest absolute Gasteiger partial charge is 0.270 e. The number of nitro benzene ring substituents is 1. The van der Waals surface area contributed by atoms with Crippen LogP contribution in [0.3, 0.4) is 0 Å². The average molecular weight is 415 g/mol. The SMILES string of the molecule is CCCCC(CO)Nc1ccc([N+](=O)[O-])cc1C(=O)NCc1ccc2c(c1)OCO2. The lowest BCUT2D eigenvalue weighted by Crippen LogP contribution is -2.28. The molecule has 3 N–H and O–H groups in total. The van der Waals surface area contributed by atoms with Gasteiger partial charge in [-0.05, 0) is 30.2 Å². The maximum atomic E-state index is 12.8. The normalized spacial score (nSPS) is 13.0. The minimum Gasteiger partial charge on any atom is -0.454 e. The van der Waals surface area contributed by atoms with Gasteiger partial charge in [-0.15, -0.1) is 0 Å². The van der Waals surface area contributed by atoms with Crippen LogP contribution in [0.4, 0.5) is 11.4 Å². The Balaban J connectivity index is 1.76. The molecule has 30 heavy (non-hydrogen) atoms. The Kier molecular flexibility index (Phi) is 7.08. The highest BCUT2D eigenvalue weighted by Crippen LogP contribution is 2.32.